The van der Waals surface area contributed by atoms with Crippen LogP contribution in [0.2, 0.25) is 0 Å². The van der Waals surface area contributed by atoms with Gasteiger partial charge in [-0.2, -0.15) is 0 Å². The van der Waals surface area contributed by atoms with Crippen LogP contribution in [0, 0.1) is 0 Å². The Kier molecular flexibility index (Phi) is 28.2. The van der Waals surface area contributed by atoms with E-state index in [9.17, 15) is 24.0 Å². The van der Waals surface area contributed by atoms with Crippen molar-refractivity contribution in [1.82, 2.24) is 5.06 Å². The zero-order valence-electron chi connectivity index (χ0n) is 19.2. The second-order valence-electron chi connectivity index (χ2n) is 7.20. The number of amides is 2. The fourth-order valence-corrected chi connectivity index (χ4v) is 2.65. The number of hydrogen-bond acceptors (Lipinski definition) is 11. The van der Waals surface area contributed by atoms with Crippen molar-refractivity contribution in [3.8, 4) is 0 Å². The van der Waals surface area contributed by atoms with Crippen molar-refractivity contribution >= 4 is 29.7 Å². The summed E-state index contributed by atoms with van der Waals surface area (Å²) in [6.45, 7) is 0.679. The van der Waals surface area contributed by atoms with E-state index in [1.807, 2.05) is 0 Å². The Morgan fingerprint density at radius 2 is 1.11 bits per heavy atom. The highest BCUT2D eigenvalue weighted by atomic mass is 16.7. The molecule has 1 heterocycles. The van der Waals surface area contributed by atoms with Gasteiger partial charge in [-0.1, -0.05) is 29.7 Å². The third-order valence-electron chi connectivity index (χ3n) is 4.40. The summed E-state index contributed by atoms with van der Waals surface area (Å²) in [5, 5.41) is 0.484. The summed E-state index contributed by atoms with van der Waals surface area (Å²) >= 11 is 0. The van der Waals surface area contributed by atoms with E-state index in [4.69, 9.17) is 28.5 Å². The van der Waals surface area contributed by atoms with Gasteiger partial charge in [-0.25, -0.2) is 4.79 Å². The molecule has 0 N–H and O–H groups in total. The van der Waals surface area contributed by atoms with Gasteiger partial charge in [0, 0.05) is 59.7 Å². The number of methoxy groups -OCH3 is 2. The van der Waals surface area contributed by atoms with E-state index in [2.05, 4.69) is 0 Å². The van der Waals surface area contributed by atoms with Gasteiger partial charge >= 0.3 is 17.9 Å². The van der Waals surface area contributed by atoms with E-state index in [0.29, 0.717) is 31.1 Å². The van der Waals surface area contributed by atoms with Crippen LogP contribution in [0.5, 0.6) is 0 Å². The molecule has 1 aliphatic rings. The normalized spacial score (nSPS) is 12.0. The zero-order valence-corrected chi connectivity index (χ0v) is 19.2. The van der Waals surface area contributed by atoms with Gasteiger partial charge in [-0.3, -0.25) is 19.2 Å². The number of ether oxygens (including phenoxy) is 5. The van der Waals surface area contributed by atoms with Crippen LogP contribution in [0.4, 0.5) is 0 Å². The maximum Gasteiger partial charge on any atom is 0.333 e. The minimum Gasteiger partial charge on any atom is -0.463 e. The predicted molar refractivity (Wildman–Crippen MR) is 137 cm³/mol. The maximum absolute atomic E-state index is 11.8. The molecule has 0 aromatic carbocycles. The first-order valence-corrected chi connectivity index (χ1v) is 10.8. The molecule has 37 heavy (non-hydrogen) atoms. The molecule has 220 valence electrons. The topological polar surface area (TPSA) is 144 Å². The van der Waals surface area contributed by atoms with Gasteiger partial charge in [0.1, 0.15) is 19.3 Å². The quantitative estimate of drug-likeness (QED) is 0.144. The van der Waals surface area contributed by atoms with Gasteiger partial charge in [-0.05, 0) is 19.3 Å². The molecule has 12 nitrogen and oxygen atoms in total. The number of nitrogens with zero attached hydrogens (tertiary/aromatic N) is 1. The van der Waals surface area contributed by atoms with Crippen molar-refractivity contribution in [2.24, 2.45) is 0 Å². The average molecular weight is 540 g/mol. The lowest BCUT2D eigenvalue weighted by Gasteiger charge is -2.18. The van der Waals surface area contributed by atoms with Crippen LogP contribution in [0.3, 0.4) is 0 Å². The van der Waals surface area contributed by atoms with E-state index < -0.39 is 35.8 Å². The van der Waals surface area contributed by atoms with Crippen LogP contribution < -0.4 is 0 Å². The van der Waals surface area contributed by atoms with Gasteiger partial charge in [0.2, 0.25) is 0 Å². The Morgan fingerprint density at radius 1 is 0.703 bits per heavy atom. The number of carbonyl (C=O) groups is 5. The Bertz CT molecular complexity index is 613. The molecule has 0 aromatic heterocycles. The second-order valence-corrected chi connectivity index (χ2v) is 7.20. The molecule has 0 aliphatic carbocycles. The van der Waals surface area contributed by atoms with Crippen molar-refractivity contribution in [2.45, 2.75) is 87.2 Å². The molecule has 1 fully saturated rings. The number of imide groups is 1. The Hall–Kier alpha value is -2.57. The summed E-state index contributed by atoms with van der Waals surface area (Å²) in [5.41, 5.74) is 0. The molecule has 0 saturated carbocycles. The Balaban J connectivity index is -0.00000136. The lowest BCUT2D eigenvalue weighted by Crippen LogP contribution is -2.32. The maximum atomic E-state index is 11.8. The molecule has 0 aromatic rings. The molecule has 1 saturated heterocycles. The highest BCUT2D eigenvalue weighted by Crippen LogP contribution is 2.13. The highest BCUT2D eigenvalue weighted by Gasteiger charge is 2.32. The molecule has 1 aliphatic heterocycles. The minimum atomic E-state index is -0.743. The molecule has 1 rings (SSSR count). The van der Waals surface area contributed by atoms with E-state index in [-0.39, 0.29) is 88.1 Å². The van der Waals surface area contributed by atoms with E-state index in [1.54, 1.807) is 0 Å². The van der Waals surface area contributed by atoms with Gasteiger partial charge in [-0.15, -0.1) is 5.06 Å². The van der Waals surface area contributed by atoms with Crippen LogP contribution in [-0.2, 0) is 52.5 Å². The van der Waals surface area contributed by atoms with Crippen LogP contribution in [0.25, 0.3) is 0 Å². The van der Waals surface area contributed by atoms with Crippen LogP contribution >= 0.6 is 0 Å². The van der Waals surface area contributed by atoms with Gasteiger partial charge < -0.3 is 28.5 Å². The van der Waals surface area contributed by atoms with Gasteiger partial charge in [0.15, 0.2) is 0 Å². The summed E-state index contributed by atoms with van der Waals surface area (Å²) in [7, 11) is 3.07. The fourth-order valence-electron chi connectivity index (χ4n) is 2.65. The van der Waals surface area contributed by atoms with Crippen molar-refractivity contribution in [1.29, 1.82) is 0 Å². The van der Waals surface area contributed by atoms with Crippen LogP contribution in [-0.4, -0.2) is 88.1 Å². The number of hydroxylamine groups is 2. The van der Waals surface area contributed by atoms with Crippen molar-refractivity contribution in [3.63, 3.8) is 0 Å². The smallest absolute Gasteiger partial charge is 0.333 e. The second kappa shape index (κ2) is 25.1. The lowest BCUT2D eigenvalue weighted by atomic mass is 10.3. The fraction of sp³-hybridized carbons (Fsp3) is 0.800. The lowest BCUT2D eigenvalue weighted by molar-refractivity contribution is -0.197. The van der Waals surface area contributed by atoms with Crippen molar-refractivity contribution in [2.75, 3.05) is 47.3 Å². The first-order valence-electron chi connectivity index (χ1n) is 10.8. The third-order valence-corrected chi connectivity index (χ3v) is 4.40. The Morgan fingerprint density at radius 3 is 1.54 bits per heavy atom. The minimum absolute atomic E-state index is 0. The molecule has 0 bridgehead atoms. The standard InChI is InChI=1S/C21H33NO11.4CH4/c1-28-11-3-6-19(25)31-14-16(15-32-20(26)7-4-12-29-2)30-13-5-8-21(27)33-22-17(23)9-10-18(22)24;;;;/h16H,3-15H2,1-2H3;4*1H4. The average Bonchev–Trinajstić information content (AvgIpc) is 3.10. The number of esters is 2. The van der Waals surface area contributed by atoms with Crippen molar-refractivity contribution < 1.29 is 52.5 Å². The number of hydrogen-bond donors (Lipinski definition) is 0. The van der Waals surface area contributed by atoms with Gasteiger partial charge in [0.05, 0.1) is 6.42 Å². The highest BCUT2D eigenvalue weighted by molar-refractivity contribution is 6.01. The monoisotopic (exact) mass is 539 g/mol. The first-order chi connectivity index (χ1) is 15.9. The first kappa shape index (κ1) is 41.6. The summed E-state index contributed by atoms with van der Waals surface area (Å²) in [6.07, 6.45) is 0.816. The molecule has 2 amide bonds. The summed E-state index contributed by atoms with van der Waals surface area (Å²) < 4.78 is 25.7. The summed E-state index contributed by atoms with van der Waals surface area (Å²) in [5.74, 6) is -2.72. The SMILES string of the molecule is C.C.C.C.COCCCC(=O)OCC(COC(=O)CCCOC)OCCCC(=O)ON1C(=O)CCC1=O. The Labute approximate surface area is 222 Å². The van der Waals surface area contributed by atoms with E-state index >= 15 is 0 Å². The molecule has 0 atom stereocenters. The van der Waals surface area contributed by atoms with E-state index in [0.717, 1.165) is 0 Å². The molecular formula is C25H49NO11. The van der Waals surface area contributed by atoms with E-state index in [1.165, 1.54) is 14.2 Å². The molecule has 0 radical (unpaired) electrons. The van der Waals surface area contributed by atoms with Crippen molar-refractivity contribution in [3.05, 3.63) is 0 Å². The number of rotatable bonds is 18. The molecule has 0 spiro atoms. The zero-order chi connectivity index (χ0) is 24.5. The number of carbonyl (C=O) groups excluding carboxylic acids is 5. The molecular weight excluding hydrogens is 490 g/mol. The molecule has 0 unspecified atom stereocenters. The van der Waals surface area contributed by atoms with Crippen LogP contribution in [0.15, 0.2) is 0 Å². The predicted octanol–water partition coefficient (Wildman–Crippen LogP) is 3.24. The third kappa shape index (κ3) is 19.2. The summed E-state index contributed by atoms with van der Waals surface area (Å²) in [6, 6.07) is 0. The largest absolute Gasteiger partial charge is 0.463 e. The van der Waals surface area contributed by atoms with Crippen LogP contribution in [0.1, 0.15) is 81.1 Å². The molecule has 12 heteroatoms. The summed E-state index contributed by atoms with van der Waals surface area (Å²) in [4.78, 5) is 63.1. The van der Waals surface area contributed by atoms with Gasteiger partial charge in [0.25, 0.3) is 11.8 Å².